The van der Waals surface area contributed by atoms with Gasteiger partial charge < -0.3 is 16.0 Å². The van der Waals surface area contributed by atoms with Crippen molar-refractivity contribution in [2.45, 2.75) is 40.2 Å². The van der Waals surface area contributed by atoms with E-state index in [4.69, 9.17) is 5.73 Å². The van der Waals surface area contributed by atoms with E-state index in [1.807, 2.05) is 32.9 Å². The molecular formula is C16H25N3O2. The molecule has 5 nitrogen and oxygen atoms in total. The van der Waals surface area contributed by atoms with E-state index >= 15 is 0 Å². The Bertz CT molecular complexity index is 515. The molecule has 1 rings (SSSR count). The van der Waals surface area contributed by atoms with Crippen LogP contribution in [0.3, 0.4) is 0 Å². The van der Waals surface area contributed by atoms with Crippen LogP contribution >= 0.6 is 0 Å². The van der Waals surface area contributed by atoms with Gasteiger partial charge in [-0.2, -0.15) is 0 Å². The molecule has 0 aromatic heterocycles. The average Bonchev–Trinajstić information content (AvgIpc) is 2.32. The molecule has 0 saturated heterocycles. The van der Waals surface area contributed by atoms with Crippen molar-refractivity contribution < 1.29 is 9.59 Å². The zero-order valence-electron chi connectivity index (χ0n) is 13.5. The van der Waals surface area contributed by atoms with Gasteiger partial charge in [0.2, 0.25) is 11.8 Å². The van der Waals surface area contributed by atoms with Gasteiger partial charge in [0.25, 0.3) is 0 Å². The Morgan fingerprint density at radius 2 is 1.76 bits per heavy atom. The molecule has 0 heterocycles. The Hall–Kier alpha value is -1.88. The van der Waals surface area contributed by atoms with Gasteiger partial charge in [0.05, 0.1) is 6.54 Å². The number of hydrogen-bond donors (Lipinski definition) is 2. The number of nitrogens with zero attached hydrogens (tertiary/aromatic N) is 1. The summed E-state index contributed by atoms with van der Waals surface area (Å²) in [6.07, 6.45) is 0.242. The minimum Gasteiger partial charge on any atom is -0.336 e. The van der Waals surface area contributed by atoms with Crippen LogP contribution in [-0.2, 0) is 9.59 Å². The number of amides is 2. The van der Waals surface area contributed by atoms with Gasteiger partial charge in [0.15, 0.2) is 0 Å². The number of hydrogen-bond acceptors (Lipinski definition) is 3. The zero-order valence-corrected chi connectivity index (χ0v) is 13.5. The van der Waals surface area contributed by atoms with Crippen LogP contribution in [0.2, 0.25) is 0 Å². The lowest BCUT2D eigenvalue weighted by atomic mass is 10.1. The van der Waals surface area contributed by atoms with E-state index in [2.05, 4.69) is 5.32 Å². The van der Waals surface area contributed by atoms with Crippen molar-refractivity contribution >= 4 is 17.5 Å². The molecule has 116 valence electrons. The maximum atomic E-state index is 12.1. The van der Waals surface area contributed by atoms with Crippen LogP contribution in [0.1, 0.15) is 30.0 Å². The summed E-state index contributed by atoms with van der Waals surface area (Å²) < 4.78 is 0. The van der Waals surface area contributed by atoms with E-state index in [-0.39, 0.29) is 30.8 Å². The summed E-state index contributed by atoms with van der Waals surface area (Å²) in [6, 6.07) is 3.84. The Balaban J connectivity index is 2.68. The third kappa shape index (κ3) is 5.19. The first kappa shape index (κ1) is 17.2. The molecule has 21 heavy (non-hydrogen) atoms. The fraction of sp³-hybridized carbons (Fsp3) is 0.500. The number of nitrogens with two attached hydrogens (primary N) is 1. The van der Waals surface area contributed by atoms with E-state index in [1.54, 1.807) is 14.0 Å². The monoisotopic (exact) mass is 291 g/mol. The summed E-state index contributed by atoms with van der Waals surface area (Å²) in [5.41, 5.74) is 9.61. The quantitative estimate of drug-likeness (QED) is 0.867. The second-order valence-electron chi connectivity index (χ2n) is 5.75. The lowest BCUT2D eigenvalue weighted by Gasteiger charge is -2.19. The molecule has 2 amide bonds. The van der Waals surface area contributed by atoms with Gasteiger partial charge in [0.1, 0.15) is 0 Å². The standard InChI is InChI=1S/C16H25N3O2/c1-10-6-11(2)16(12(3)7-10)18-14(20)9-19(5)15(21)8-13(4)17/h6-7,13H,8-9,17H2,1-5H3,(H,18,20). The van der Waals surface area contributed by atoms with E-state index in [1.165, 1.54) is 4.90 Å². The summed E-state index contributed by atoms with van der Waals surface area (Å²) in [7, 11) is 1.61. The highest BCUT2D eigenvalue weighted by atomic mass is 16.2. The largest absolute Gasteiger partial charge is 0.336 e. The minimum atomic E-state index is -0.204. The molecule has 0 aliphatic carbocycles. The lowest BCUT2D eigenvalue weighted by Crippen LogP contribution is -2.37. The summed E-state index contributed by atoms with van der Waals surface area (Å²) in [4.78, 5) is 25.3. The number of carbonyl (C=O) groups excluding carboxylic acids is 2. The van der Waals surface area contributed by atoms with Crippen molar-refractivity contribution in [1.29, 1.82) is 0 Å². The normalized spacial score (nSPS) is 11.9. The van der Waals surface area contributed by atoms with Gasteiger partial charge in [-0.15, -0.1) is 0 Å². The van der Waals surface area contributed by atoms with Crippen LogP contribution < -0.4 is 11.1 Å². The van der Waals surface area contributed by atoms with Gasteiger partial charge >= 0.3 is 0 Å². The SMILES string of the molecule is Cc1cc(C)c(NC(=O)CN(C)C(=O)CC(C)N)c(C)c1. The molecule has 0 aliphatic heterocycles. The number of likely N-dealkylation sites (N-methyl/N-ethyl adjacent to an activating group) is 1. The number of anilines is 1. The highest BCUT2D eigenvalue weighted by Crippen LogP contribution is 2.21. The number of benzene rings is 1. The molecule has 0 fully saturated rings. The summed E-state index contributed by atoms with van der Waals surface area (Å²) in [5.74, 6) is -0.330. The second-order valence-corrected chi connectivity index (χ2v) is 5.75. The Morgan fingerprint density at radius 1 is 1.24 bits per heavy atom. The van der Waals surface area contributed by atoms with Gasteiger partial charge in [-0.05, 0) is 38.8 Å². The first-order chi connectivity index (χ1) is 9.70. The van der Waals surface area contributed by atoms with E-state index in [0.717, 1.165) is 22.4 Å². The molecule has 0 aliphatic rings. The topological polar surface area (TPSA) is 75.4 Å². The molecular weight excluding hydrogens is 266 g/mol. The molecule has 0 saturated carbocycles. The predicted octanol–water partition coefficient (Wildman–Crippen LogP) is 1.75. The van der Waals surface area contributed by atoms with Crippen molar-refractivity contribution in [2.75, 3.05) is 18.9 Å². The fourth-order valence-electron chi connectivity index (χ4n) is 2.29. The van der Waals surface area contributed by atoms with Crippen molar-refractivity contribution in [3.8, 4) is 0 Å². The number of aryl methyl sites for hydroxylation is 3. The van der Waals surface area contributed by atoms with Crippen molar-refractivity contribution in [1.82, 2.24) is 4.90 Å². The van der Waals surface area contributed by atoms with Crippen LogP contribution in [0, 0.1) is 20.8 Å². The van der Waals surface area contributed by atoms with Crippen LogP contribution in [0.15, 0.2) is 12.1 Å². The van der Waals surface area contributed by atoms with Crippen molar-refractivity contribution in [3.05, 3.63) is 28.8 Å². The van der Waals surface area contributed by atoms with E-state index in [9.17, 15) is 9.59 Å². The van der Waals surface area contributed by atoms with Gasteiger partial charge in [-0.3, -0.25) is 9.59 Å². The van der Waals surface area contributed by atoms with Crippen molar-refractivity contribution in [2.24, 2.45) is 5.73 Å². The predicted molar refractivity (Wildman–Crippen MR) is 85.2 cm³/mol. The smallest absolute Gasteiger partial charge is 0.243 e. The highest BCUT2D eigenvalue weighted by molar-refractivity contribution is 5.95. The first-order valence-electron chi connectivity index (χ1n) is 7.08. The number of nitrogens with one attached hydrogen (secondary N) is 1. The summed E-state index contributed by atoms with van der Waals surface area (Å²) in [6.45, 7) is 7.73. The zero-order chi connectivity index (χ0) is 16.2. The molecule has 5 heteroatoms. The Morgan fingerprint density at radius 3 is 2.24 bits per heavy atom. The molecule has 3 N–H and O–H groups in total. The van der Waals surface area contributed by atoms with Gasteiger partial charge in [-0.1, -0.05) is 17.7 Å². The summed E-state index contributed by atoms with van der Waals surface area (Å²) in [5, 5.41) is 2.88. The number of rotatable bonds is 5. The molecule has 0 bridgehead atoms. The maximum absolute atomic E-state index is 12.1. The van der Waals surface area contributed by atoms with Gasteiger partial charge in [-0.25, -0.2) is 0 Å². The van der Waals surface area contributed by atoms with E-state index < -0.39 is 0 Å². The molecule has 0 radical (unpaired) electrons. The third-order valence-electron chi connectivity index (χ3n) is 3.24. The lowest BCUT2D eigenvalue weighted by molar-refractivity contribution is -0.133. The molecule has 1 unspecified atom stereocenters. The Labute approximate surface area is 126 Å². The summed E-state index contributed by atoms with van der Waals surface area (Å²) >= 11 is 0. The van der Waals surface area contributed by atoms with Crippen LogP contribution in [0.5, 0.6) is 0 Å². The van der Waals surface area contributed by atoms with Crippen LogP contribution in [0.25, 0.3) is 0 Å². The molecule has 1 aromatic rings. The van der Waals surface area contributed by atoms with Crippen LogP contribution in [-0.4, -0.2) is 36.3 Å². The number of carbonyl (C=O) groups is 2. The average molecular weight is 291 g/mol. The van der Waals surface area contributed by atoms with E-state index in [0.29, 0.717) is 0 Å². The van der Waals surface area contributed by atoms with Crippen molar-refractivity contribution in [3.63, 3.8) is 0 Å². The molecule has 1 aromatic carbocycles. The fourth-order valence-corrected chi connectivity index (χ4v) is 2.29. The molecule has 1 atom stereocenters. The third-order valence-corrected chi connectivity index (χ3v) is 3.24. The molecule has 0 spiro atoms. The van der Waals surface area contributed by atoms with Crippen LogP contribution in [0.4, 0.5) is 5.69 Å². The highest BCUT2D eigenvalue weighted by Gasteiger charge is 2.15. The maximum Gasteiger partial charge on any atom is 0.243 e. The first-order valence-corrected chi connectivity index (χ1v) is 7.08. The Kier molecular flexibility index (Phi) is 5.90. The second kappa shape index (κ2) is 7.22. The minimum absolute atomic E-state index is 0.0261. The van der Waals surface area contributed by atoms with Gasteiger partial charge in [0, 0.05) is 25.2 Å².